The quantitative estimate of drug-likeness (QED) is 0.764. The third kappa shape index (κ3) is 6.14. The van der Waals surface area contributed by atoms with Gasteiger partial charge in [-0.05, 0) is 70.3 Å². The molecule has 0 amide bonds. The minimum Gasteiger partial charge on any atom is -0.471 e. The molecule has 0 unspecified atom stereocenters. The summed E-state index contributed by atoms with van der Waals surface area (Å²) in [6.45, 7) is 8.80. The maximum atomic E-state index is 13.3. The lowest BCUT2D eigenvalue weighted by Gasteiger charge is -2.31. The Labute approximate surface area is 161 Å². The molecule has 0 bridgehead atoms. The molecule has 2 heterocycles. The van der Waals surface area contributed by atoms with Gasteiger partial charge in [-0.25, -0.2) is 9.37 Å². The monoisotopic (exact) mass is 369 g/mol. The summed E-state index contributed by atoms with van der Waals surface area (Å²) in [6, 6.07) is 6.71. The van der Waals surface area contributed by atoms with Crippen molar-refractivity contribution >= 4 is 6.08 Å². The number of benzene rings is 1. The van der Waals surface area contributed by atoms with Crippen LogP contribution in [0.3, 0.4) is 0 Å². The highest BCUT2D eigenvalue weighted by molar-refractivity contribution is 5.49. The molecule has 0 aliphatic carbocycles. The van der Waals surface area contributed by atoms with Crippen molar-refractivity contribution in [1.82, 2.24) is 14.9 Å². The number of likely N-dealkylation sites (tertiary alicyclic amines) is 1. The number of hydrogen-bond donors (Lipinski definition) is 0. The summed E-state index contributed by atoms with van der Waals surface area (Å²) in [5.41, 5.74) is 1.52. The van der Waals surface area contributed by atoms with Crippen LogP contribution in [0.15, 0.2) is 42.7 Å². The summed E-state index contributed by atoms with van der Waals surface area (Å²) in [6.07, 6.45) is 9.81. The number of allylic oxidation sites excluding steroid dienone is 1. The van der Waals surface area contributed by atoms with Crippen molar-refractivity contribution in [1.29, 1.82) is 0 Å². The van der Waals surface area contributed by atoms with Crippen LogP contribution >= 0.6 is 0 Å². The van der Waals surface area contributed by atoms with Gasteiger partial charge in [0.05, 0.1) is 0 Å². The molecule has 0 spiro atoms. The van der Waals surface area contributed by atoms with Crippen LogP contribution in [0, 0.1) is 11.7 Å². The molecule has 1 saturated heterocycles. The van der Waals surface area contributed by atoms with Gasteiger partial charge >= 0.3 is 0 Å². The lowest BCUT2D eigenvalue weighted by molar-refractivity contribution is 0.117. The Bertz CT molecular complexity index is 777. The van der Waals surface area contributed by atoms with Crippen molar-refractivity contribution in [2.45, 2.75) is 45.8 Å². The molecular formula is C22H28FN3O. The molecular weight excluding hydrogens is 341 g/mol. The van der Waals surface area contributed by atoms with Gasteiger partial charge in [0.2, 0.25) is 5.88 Å². The molecule has 5 heteroatoms. The SMILES string of the molecule is CC(C)(C)Oc1nccnc1CN1CCC(C=Cc2cccc(F)c2)CC1. The fraction of sp³-hybridized carbons (Fsp3) is 0.455. The van der Waals surface area contributed by atoms with E-state index in [2.05, 4.69) is 20.9 Å². The van der Waals surface area contributed by atoms with E-state index in [1.807, 2.05) is 32.9 Å². The minimum absolute atomic E-state index is 0.191. The van der Waals surface area contributed by atoms with Crippen LogP contribution in [0.25, 0.3) is 6.08 Å². The van der Waals surface area contributed by atoms with Crippen LogP contribution in [0.2, 0.25) is 0 Å². The van der Waals surface area contributed by atoms with Crippen LogP contribution in [0.1, 0.15) is 44.9 Å². The first-order valence-electron chi connectivity index (χ1n) is 9.54. The van der Waals surface area contributed by atoms with Crippen LogP contribution < -0.4 is 4.74 Å². The lowest BCUT2D eigenvalue weighted by atomic mass is 9.95. The maximum absolute atomic E-state index is 13.3. The Morgan fingerprint density at radius 1 is 1.19 bits per heavy atom. The molecule has 2 aromatic rings. The summed E-state index contributed by atoms with van der Waals surface area (Å²) < 4.78 is 19.2. The van der Waals surface area contributed by atoms with E-state index < -0.39 is 0 Å². The van der Waals surface area contributed by atoms with E-state index in [1.54, 1.807) is 24.5 Å². The Morgan fingerprint density at radius 2 is 1.93 bits per heavy atom. The van der Waals surface area contributed by atoms with E-state index in [9.17, 15) is 4.39 Å². The molecule has 1 aliphatic rings. The zero-order chi connectivity index (χ0) is 19.3. The zero-order valence-corrected chi connectivity index (χ0v) is 16.4. The van der Waals surface area contributed by atoms with E-state index >= 15 is 0 Å². The highest BCUT2D eigenvalue weighted by atomic mass is 19.1. The molecule has 27 heavy (non-hydrogen) atoms. The first kappa shape index (κ1) is 19.5. The molecule has 3 rings (SSSR count). The number of piperidine rings is 1. The molecule has 0 atom stereocenters. The molecule has 144 valence electrons. The van der Waals surface area contributed by atoms with Crippen molar-refractivity contribution in [3.05, 3.63) is 59.8 Å². The second kappa shape index (κ2) is 8.61. The fourth-order valence-corrected chi connectivity index (χ4v) is 3.21. The van der Waals surface area contributed by atoms with Gasteiger partial charge in [-0.2, -0.15) is 0 Å². The van der Waals surface area contributed by atoms with Crippen molar-refractivity contribution < 1.29 is 9.13 Å². The number of aromatic nitrogens is 2. The van der Waals surface area contributed by atoms with Crippen molar-refractivity contribution in [2.24, 2.45) is 5.92 Å². The average molecular weight is 369 g/mol. The number of ether oxygens (including phenoxy) is 1. The molecule has 0 radical (unpaired) electrons. The largest absolute Gasteiger partial charge is 0.471 e. The second-order valence-electron chi connectivity index (χ2n) is 8.05. The van der Waals surface area contributed by atoms with Gasteiger partial charge in [0, 0.05) is 18.9 Å². The lowest BCUT2D eigenvalue weighted by Crippen LogP contribution is -2.33. The van der Waals surface area contributed by atoms with Crippen LogP contribution in [-0.2, 0) is 6.54 Å². The first-order chi connectivity index (χ1) is 12.9. The highest BCUT2D eigenvalue weighted by Gasteiger charge is 2.21. The summed E-state index contributed by atoms with van der Waals surface area (Å²) in [5.74, 6) is 0.957. The van der Waals surface area contributed by atoms with Gasteiger partial charge in [-0.15, -0.1) is 0 Å². The Kier molecular flexibility index (Phi) is 6.22. The van der Waals surface area contributed by atoms with Gasteiger partial charge in [-0.3, -0.25) is 9.88 Å². The van der Waals surface area contributed by atoms with Crippen LogP contribution in [0.4, 0.5) is 4.39 Å². The third-order valence-corrected chi connectivity index (χ3v) is 4.55. The standard InChI is InChI=1S/C22H28FN3O/c1-22(2,3)27-21-20(24-11-12-25-21)16-26-13-9-17(10-14-26)7-8-18-5-4-6-19(23)15-18/h4-8,11-12,15,17H,9-10,13-14,16H2,1-3H3. The fourth-order valence-electron chi connectivity index (χ4n) is 3.21. The Morgan fingerprint density at radius 3 is 2.63 bits per heavy atom. The van der Waals surface area contributed by atoms with Gasteiger partial charge in [0.1, 0.15) is 17.1 Å². The number of hydrogen-bond acceptors (Lipinski definition) is 4. The average Bonchev–Trinajstić information content (AvgIpc) is 2.62. The van der Waals surface area contributed by atoms with Crippen LogP contribution in [-0.4, -0.2) is 33.6 Å². The van der Waals surface area contributed by atoms with Gasteiger partial charge in [-0.1, -0.05) is 24.3 Å². The molecule has 0 N–H and O–H groups in total. The molecule has 1 aromatic carbocycles. The van der Waals surface area contributed by atoms with Crippen molar-refractivity contribution in [3.8, 4) is 5.88 Å². The molecule has 1 aromatic heterocycles. The van der Waals surface area contributed by atoms with Gasteiger partial charge in [0.25, 0.3) is 0 Å². The van der Waals surface area contributed by atoms with Crippen molar-refractivity contribution in [3.63, 3.8) is 0 Å². The normalized spacial score (nSPS) is 16.7. The minimum atomic E-state index is -0.292. The Hall–Kier alpha value is -2.27. The van der Waals surface area contributed by atoms with Crippen molar-refractivity contribution in [2.75, 3.05) is 13.1 Å². The number of halogens is 1. The summed E-state index contributed by atoms with van der Waals surface area (Å²) in [7, 11) is 0. The van der Waals surface area contributed by atoms with E-state index in [0.29, 0.717) is 11.8 Å². The second-order valence-corrected chi connectivity index (χ2v) is 8.05. The maximum Gasteiger partial charge on any atom is 0.237 e. The first-order valence-corrected chi connectivity index (χ1v) is 9.54. The Balaban J connectivity index is 1.54. The summed E-state index contributed by atoms with van der Waals surface area (Å²) in [4.78, 5) is 11.2. The zero-order valence-electron chi connectivity index (χ0n) is 16.4. The topological polar surface area (TPSA) is 38.3 Å². The number of rotatable bonds is 5. The van der Waals surface area contributed by atoms with Gasteiger partial charge < -0.3 is 4.74 Å². The molecule has 4 nitrogen and oxygen atoms in total. The molecule has 0 saturated carbocycles. The summed E-state index contributed by atoms with van der Waals surface area (Å²) in [5, 5.41) is 0. The predicted octanol–water partition coefficient (Wildman–Crippen LogP) is 4.72. The number of nitrogens with zero attached hydrogens (tertiary/aromatic N) is 3. The predicted molar refractivity (Wildman–Crippen MR) is 106 cm³/mol. The van der Waals surface area contributed by atoms with Crippen LogP contribution in [0.5, 0.6) is 5.88 Å². The highest BCUT2D eigenvalue weighted by Crippen LogP contribution is 2.24. The molecule has 1 fully saturated rings. The van der Waals surface area contributed by atoms with E-state index in [0.717, 1.165) is 43.7 Å². The smallest absolute Gasteiger partial charge is 0.237 e. The molecule has 1 aliphatic heterocycles. The van der Waals surface area contributed by atoms with E-state index in [4.69, 9.17) is 4.74 Å². The van der Waals surface area contributed by atoms with Gasteiger partial charge in [0.15, 0.2) is 0 Å². The van der Waals surface area contributed by atoms with E-state index in [1.165, 1.54) is 6.07 Å². The third-order valence-electron chi connectivity index (χ3n) is 4.55. The van der Waals surface area contributed by atoms with E-state index in [-0.39, 0.29) is 11.4 Å². The summed E-state index contributed by atoms with van der Waals surface area (Å²) >= 11 is 0.